The van der Waals surface area contributed by atoms with Gasteiger partial charge in [0, 0.05) is 36.7 Å². The minimum absolute atomic E-state index is 0.106. The Morgan fingerprint density at radius 1 is 1.12 bits per heavy atom. The summed E-state index contributed by atoms with van der Waals surface area (Å²) in [6.07, 6.45) is 3.79. The molecule has 1 heterocycles. The van der Waals surface area contributed by atoms with E-state index in [1.54, 1.807) is 24.3 Å². The topological polar surface area (TPSA) is 119 Å². The number of likely N-dealkylation sites (tertiary alicyclic amines) is 1. The molecule has 3 amide bonds. The van der Waals surface area contributed by atoms with Crippen LogP contribution < -0.4 is 16.8 Å². The van der Waals surface area contributed by atoms with Gasteiger partial charge in [0.25, 0.3) is 0 Å². The van der Waals surface area contributed by atoms with Crippen molar-refractivity contribution in [2.24, 2.45) is 11.5 Å². The number of hydrogen-bond donors (Lipinski definition) is 3. The fraction of sp³-hybridized carbons (Fsp3) is 0.471. The van der Waals surface area contributed by atoms with Crippen molar-refractivity contribution in [2.75, 3.05) is 18.4 Å². The SMILES string of the molecule is NC(=O)CC1CCCCN1CCC(=O)Nc1ccc(C(N)=O)cc1. The molecule has 2 rings (SSSR count). The standard InChI is InChI=1S/C17H24N4O3/c18-15(22)11-14-3-1-2-9-21(14)10-8-16(23)20-13-6-4-12(5-7-13)17(19)24/h4-7,14H,1-3,8-11H2,(H2,18,22)(H2,19,24)(H,20,23). The van der Waals surface area contributed by atoms with E-state index in [2.05, 4.69) is 10.2 Å². The van der Waals surface area contributed by atoms with Crippen LogP contribution in [0.2, 0.25) is 0 Å². The van der Waals surface area contributed by atoms with Gasteiger partial charge in [0.05, 0.1) is 0 Å². The van der Waals surface area contributed by atoms with Crippen LogP contribution in [0.1, 0.15) is 42.5 Å². The maximum Gasteiger partial charge on any atom is 0.248 e. The van der Waals surface area contributed by atoms with E-state index in [0.717, 1.165) is 25.8 Å². The van der Waals surface area contributed by atoms with Gasteiger partial charge in [0.1, 0.15) is 0 Å². The van der Waals surface area contributed by atoms with Crippen LogP contribution in [0.4, 0.5) is 5.69 Å². The van der Waals surface area contributed by atoms with Crippen LogP contribution in [-0.2, 0) is 9.59 Å². The molecule has 0 spiro atoms. The van der Waals surface area contributed by atoms with Gasteiger partial charge in [-0.1, -0.05) is 6.42 Å². The molecule has 0 radical (unpaired) electrons. The second-order valence-corrected chi connectivity index (χ2v) is 6.10. The van der Waals surface area contributed by atoms with Crippen LogP contribution in [-0.4, -0.2) is 41.8 Å². The highest BCUT2D eigenvalue weighted by molar-refractivity contribution is 5.94. The van der Waals surface area contributed by atoms with Gasteiger partial charge in [0.2, 0.25) is 17.7 Å². The lowest BCUT2D eigenvalue weighted by molar-refractivity contribution is -0.119. The van der Waals surface area contributed by atoms with Gasteiger partial charge in [-0.3, -0.25) is 19.3 Å². The van der Waals surface area contributed by atoms with Gasteiger partial charge >= 0.3 is 0 Å². The Labute approximate surface area is 141 Å². The summed E-state index contributed by atoms with van der Waals surface area (Å²) in [4.78, 5) is 36.4. The number of amides is 3. The lowest BCUT2D eigenvalue weighted by Crippen LogP contribution is -2.43. The molecule has 1 atom stereocenters. The van der Waals surface area contributed by atoms with Crippen molar-refractivity contribution in [3.63, 3.8) is 0 Å². The summed E-state index contributed by atoms with van der Waals surface area (Å²) in [5.41, 5.74) is 11.5. The summed E-state index contributed by atoms with van der Waals surface area (Å²) < 4.78 is 0. The number of nitrogens with zero attached hydrogens (tertiary/aromatic N) is 1. The summed E-state index contributed by atoms with van der Waals surface area (Å²) in [6, 6.07) is 6.58. The van der Waals surface area contributed by atoms with Crippen molar-refractivity contribution in [1.29, 1.82) is 0 Å². The summed E-state index contributed by atoms with van der Waals surface area (Å²) in [5, 5.41) is 2.79. The van der Waals surface area contributed by atoms with Crippen LogP contribution >= 0.6 is 0 Å². The molecule has 0 aromatic heterocycles. The number of primary amides is 2. The molecule has 0 saturated carbocycles. The molecule has 1 fully saturated rings. The summed E-state index contributed by atoms with van der Waals surface area (Å²) in [6.45, 7) is 1.49. The van der Waals surface area contributed by atoms with Gasteiger partial charge in [-0.2, -0.15) is 0 Å². The Morgan fingerprint density at radius 3 is 2.46 bits per heavy atom. The van der Waals surface area contributed by atoms with E-state index in [1.807, 2.05) is 0 Å². The van der Waals surface area contributed by atoms with E-state index in [9.17, 15) is 14.4 Å². The van der Waals surface area contributed by atoms with Crippen molar-refractivity contribution in [3.8, 4) is 0 Å². The Hall–Kier alpha value is -2.41. The molecule has 5 N–H and O–H groups in total. The number of carbonyl (C=O) groups excluding carboxylic acids is 3. The Balaban J connectivity index is 1.83. The monoisotopic (exact) mass is 332 g/mol. The quantitative estimate of drug-likeness (QED) is 0.685. The van der Waals surface area contributed by atoms with E-state index < -0.39 is 5.91 Å². The smallest absolute Gasteiger partial charge is 0.248 e. The zero-order chi connectivity index (χ0) is 17.5. The molecule has 1 aliphatic rings. The molecule has 24 heavy (non-hydrogen) atoms. The summed E-state index contributed by atoms with van der Waals surface area (Å²) in [7, 11) is 0. The number of nitrogens with one attached hydrogen (secondary N) is 1. The zero-order valence-electron chi connectivity index (χ0n) is 13.7. The number of carbonyl (C=O) groups is 3. The summed E-state index contributed by atoms with van der Waals surface area (Å²) >= 11 is 0. The third-order valence-corrected chi connectivity index (χ3v) is 4.27. The molecule has 1 unspecified atom stereocenters. The Kier molecular flexibility index (Phi) is 6.31. The Morgan fingerprint density at radius 2 is 1.83 bits per heavy atom. The van der Waals surface area contributed by atoms with E-state index >= 15 is 0 Å². The molecule has 0 aliphatic carbocycles. The first-order chi connectivity index (χ1) is 11.5. The van der Waals surface area contributed by atoms with Gasteiger partial charge in [-0.25, -0.2) is 0 Å². The van der Waals surface area contributed by atoms with E-state index in [0.29, 0.717) is 30.6 Å². The van der Waals surface area contributed by atoms with E-state index in [4.69, 9.17) is 11.5 Å². The number of benzene rings is 1. The first-order valence-electron chi connectivity index (χ1n) is 8.18. The molecule has 130 valence electrons. The van der Waals surface area contributed by atoms with Crippen LogP contribution in [0, 0.1) is 0 Å². The highest BCUT2D eigenvalue weighted by Crippen LogP contribution is 2.20. The summed E-state index contributed by atoms with van der Waals surface area (Å²) in [5.74, 6) is -0.908. The predicted molar refractivity (Wildman–Crippen MR) is 91.2 cm³/mol. The number of rotatable bonds is 7. The molecular weight excluding hydrogens is 308 g/mol. The second kappa shape index (κ2) is 8.44. The van der Waals surface area contributed by atoms with Crippen LogP contribution in [0.3, 0.4) is 0 Å². The maximum atomic E-state index is 12.1. The average molecular weight is 332 g/mol. The molecule has 1 saturated heterocycles. The lowest BCUT2D eigenvalue weighted by Gasteiger charge is -2.34. The molecule has 1 aliphatic heterocycles. The lowest BCUT2D eigenvalue weighted by atomic mass is 9.99. The van der Waals surface area contributed by atoms with Gasteiger partial charge in [-0.05, 0) is 43.7 Å². The van der Waals surface area contributed by atoms with Gasteiger partial charge in [0.15, 0.2) is 0 Å². The zero-order valence-corrected chi connectivity index (χ0v) is 13.7. The first kappa shape index (κ1) is 17.9. The minimum Gasteiger partial charge on any atom is -0.370 e. The van der Waals surface area contributed by atoms with E-state index in [1.165, 1.54) is 0 Å². The molecule has 7 heteroatoms. The van der Waals surface area contributed by atoms with Crippen molar-refractivity contribution < 1.29 is 14.4 Å². The molecule has 1 aromatic carbocycles. The normalized spacial score (nSPS) is 18.1. The van der Waals surface area contributed by atoms with Crippen molar-refractivity contribution >= 4 is 23.4 Å². The Bertz CT molecular complexity index is 600. The molecule has 1 aromatic rings. The average Bonchev–Trinajstić information content (AvgIpc) is 2.54. The van der Waals surface area contributed by atoms with Crippen molar-refractivity contribution in [3.05, 3.63) is 29.8 Å². The van der Waals surface area contributed by atoms with Gasteiger partial charge < -0.3 is 16.8 Å². The largest absolute Gasteiger partial charge is 0.370 e. The molecule has 7 nitrogen and oxygen atoms in total. The number of anilines is 1. The molecule has 0 bridgehead atoms. The second-order valence-electron chi connectivity index (χ2n) is 6.10. The first-order valence-corrected chi connectivity index (χ1v) is 8.18. The third-order valence-electron chi connectivity index (χ3n) is 4.27. The fourth-order valence-electron chi connectivity index (χ4n) is 3.00. The van der Waals surface area contributed by atoms with Crippen LogP contribution in [0.15, 0.2) is 24.3 Å². The van der Waals surface area contributed by atoms with Crippen molar-refractivity contribution in [1.82, 2.24) is 4.90 Å². The highest BCUT2D eigenvalue weighted by Gasteiger charge is 2.24. The van der Waals surface area contributed by atoms with E-state index in [-0.39, 0.29) is 17.9 Å². The van der Waals surface area contributed by atoms with Gasteiger partial charge in [-0.15, -0.1) is 0 Å². The highest BCUT2D eigenvalue weighted by atomic mass is 16.2. The number of piperidine rings is 1. The van der Waals surface area contributed by atoms with Crippen molar-refractivity contribution in [2.45, 2.75) is 38.1 Å². The molecular formula is C17H24N4O3. The maximum absolute atomic E-state index is 12.1. The minimum atomic E-state index is -0.501. The fourth-order valence-corrected chi connectivity index (χ4v) is 3.00. The predicted octanol–water partition coefficient (Wildman–Crippen LogP) is 0.844. The van der Waals surface area contributed by atoms with Crippen LogP contribution in [0.25, 0.3) is 0 Å². The third kappa shape index (κ3) is 5.34. The number of hydrogen-bond acceptors (Lipinski definition) is 4. The van der Waals surface area contributed by atoms with Crippen LogP contribution in [0.5, 0.6) is 0 Å². The number of nitrogens with two attached hydrogens (primary N) is 2.